The number of nitrogens with zero attached hydrogens (tertiary/aromatic N) is 3. The number of benzene rings is 2. The fourth-order valence-electron chi connectivity index (χ4n) is 4.88. The summed E-state index contributed by atoms with van der Waals surface area (Å²) in [6.45, 7) is 2.35. The van der Waals surface area contributed by atoms with Gasteiger partial charge >= 0.3 is 6.09 Å². The molecule has 2 N–H and O–H groups in total. The fraction of sp³-hybridized carbons (Fsp3) is 0.346. The number of rotatable bonds is 6. The summed E-state index contributed by atoms with van der Waals surface area (Å²) in [7, 11) is 0. The summed E-state index contributed by atoms with van der Waals surface area (Å²) in [6.07, 6.45) is 1.67. The van der Waals surface area contributed by atoms with Crippen LogP contribution in [0.5, 0.6) is 0 Å². The number of anilines is 1. The normalized spacial score (nSPS) is 16.9. The number of cyclic esters (lactones) is 1. The number of fused-ring (bicyclic) bond motifs is 3. The monoisotopic (exact) mass is 478 g/mol. The maximum Gasteiger partial charge on any atom is 0.414 e. The molecule has 35 heavy (non-hydrogen) atoms. The van der Waals surface area contributed by atoms with Gasteiger partial charge in [0.2, 0.25) is 5.91 Å². The van der Waals surface area contributed by atoms with E-state index in [1.165, 1.54) is 19.1 Å². The second-order valence-electron chi connectivity index (χ2n) is 8.88. The first kappa shape index (κ1) is 23.0. The molecule has 3 aromatic rings. The Balaban J connectivity index is 1.49. The largest absolute Gasteiger partial charge is 0.442 e. The molecule has 2 heterocycles. The second kappa shape index (κ2) is 9.50. The standard InChI is InChI=1S/C26H27FN4O4/c1-16(33)28-14-21-15-30(26(34)35-21)20-9-10-22-18(13-20)3-2-4-23-24(22)29-31(11-12-32)25(23)17-5-7-19(27)8-6-17/h5-10,13,21,32H,2-4,11-12,14-15H2,1H3,(H,28,33). The molecule has 9 heteroatoms. The number of ether oxygens (including phenoxy) is 1. The van der Waals surface area contributed by atoms with Crippen molar-refractivity contribution in [2.24, 2.45) is 0 Å². The average molecular weight is 479 g/mol. The van der Waals surface area contributed by atoms with Gasteiger partial charge in [0, 0.05) is 29.3 Å². The van der Waals surface area contributed by atoms with Crippen LogP contribution in [-0.2, 0) is 28.9 Å². The predicted molar refractivity (Wildman–Crippen MR) is 128 cm³/mol. The van der Waals surface area contributed by atoms with Gasteiger partial charge in [-0.25, -0.2) is 9.18 Å². The minimum absolute atomic E-state index is 0.0583. The summed E-state index contributed by atoms with van der Waals surface area (Å²) in [4.78, 5) is 25.3. The van der Waals surface area contributed by atoms with Gasteiger partial charge in [-0.3, -0.25) is 14.4 Å². The van der Waals surface area contributed by atoms with Crippen LogP contribution in [0.15, 0.2) is 42.5 Å². The Hall–Kier alpha value is -3.72. The van der Waals surface area contributed by atoms with Crippen LogP contribution in [0.2, 0.25) is 0 Å². The van der Waals surface area contributed by atoms with E-state index in [0.29, 0.717) is 13.1 Å². The number of aliphatic hydroxyl groups excluding tert-OH is 1. The van der Waals surface area contributed by atoms with Crippen molar-refractivity contribution in [1.29, 1.82) is 0 Å². The number of amides is 2. The van der Waals surface area contributed by atoms with Gasteiger partial charge in [-0.1, -0.05) is 6.07 Å². The molecule has 1 unspecified atom stereocenters. The van der Waals surface area contributed by atoms with E-state index in [0.717, 1.165) is 58.6 Å². The lowest BCUT2D eigenvalue weighted by Gasteiger charge is -2.16. The third-order valence-corrected chi connectivity index (χ3v) is 6.46. The van der Waals surface area contributed by atoms with Crippen molar-refractivity contribution in [2.45, 2.75) is 38.8 Å². The maximum atomic E-state index is 13.6. The summed E-state index contributed by atoms with van der Waals surface area (Å²) >= 11 is 0. The van der Waals surface area contributed by atoms with E-state index in [1.807, 2.05) is 18.2 Å². The first-order valence-electron chi connectivity index (χ1n) is 11.8. The van der Waals surface area contributed by atoms with Crippen LogP contribution in [0.1, 0.15) is 24.5 Å². The van der Waals surface area contributed by atoms with Gasteiger partial charge in [0.15, 0.2) is 0 Å². The Labute approximate surface area is 202 Å². The number of hydrogen-bond donors (Lipinski definition) is 2. The van der Waals surface area contributed by atoms with Crippen molar-refractivity contribution in [3.8, 4) is 22.5 Å². The Morgan fingerprint density at radius 2 is 2.03 bits per heavy atom. The number of carbonyl (C=O) groups excluding carboxylic acids is 2. The van der Waals surface area contributed by atoms with Gasteiger partial charge in [-0.15, -0.1) is 0 Å². The molecular formula is C26H27FN4O4. The molecule has 1 fully saturated rings. The van der Waals surface area contributed by atoms with Gasteiger partial charge in [0.1, 0.15) is 11.9 Å². The maximum absolute atomic E-state index is 13.6. The lowest BCUT2D eigenvalue weighted by molar-refractivity contribution is -0.119. The molecule has 1 saturated heterocycles. The van der Waals surface area contributed by atoms with Crippen LogP contribution in [-0.4, -0.2) is 52.7 Å². The van der Waals surface area contributed by atoms with Crippen LogP contribution in [0.25, 0.3) is 22.5 Å². The molecule has 182 valence electrons. The summed E-state index contributed by atoms with van der Waals surface area (Å²) < 4.78 is 20.8. The summed E-state index contributed by atoms with van der Waals surface area (Å²) in [5.41, 5.74) is 6.50. The van der Waals surface area contributed by atoms with E-state index < -0.39 is 12.2 Å². The Bertz CT molecular complexity index is 1270. The fourth-order valence-corrected chi connectivity index (χ4v) is 4.88. The van der Waals surface area contributed by atoms with E-state index in [4.69, 9.17) is 9.84 Å². The van der Waals surface area contributed by atoms with Crippen molar-refractivity contribution in [2.75, 3.05) is 24.6 Å². The number of hydrogen-bond acceptors (Lipinski definition) is 5. The molecule has 0 spiro atoms. The van der Waals surface area contributed by atoms with E-state index in [-0.39, 0.29) is 24.9 Å². The van der Waals surface area contributed by atoms with Gasteiger partial charge in [-0.2, -0.15) is 5.10 Å². The molecule has 2 amide bonds. The number of aryl methyl sites for hydroxylation is 1. The minimum Gasteiger partial charge on any atom is -0.442 e. The van der Waals surface area contributed by atoms with Gasteiger partial charge in [0.25, 0.3) is 0 Å². The minimum atomic E-state index is -0.430. The molecular weight excluding hydrogens is 451 g/mol. The van der Waals surface area contributed by atoms with Crippen LogP contribution < -0.4 is 10.2 Å². The Morgan fingerprint density at radius 3 is 2.77 bits per heavy atom. The predicted octanol–water partition coefficient (Wildman–Crippen LogP) is 3.30. The van der Waals surface area contributed by atoms with Crippen molar-refractivity contribution >= 4 is 17.7 Å². The van der Waals surface area contributed by atoms with E-state index >= 15 is 0 Å². The third-order valence-electron chi connectivity index (χ3n) is 6.46. The highest BCUT2D eigenvalue weighted by molar-refractivity contribution is 5.91. The van der Waals surface area contributed by atoms with E-state index in [1.54, 1.807) is 21.7 Å². The van der Waals surface area contributed by atoms with Crippen LogP contribution >= 0.6 is 0 Å². The summed E-state index contributed by atoms with van der Waals surface area (Å²) in [5.74, 6) is -0.466. The Morgan fingerprint density at radius 1 is 1.23 bits per heavy atom. The molecule has 2 aliphatic rings. The summed E-state index contributed by atoms with van der Waals surface area (Å²) in [6, 6.07) is 12.2. The van der Waals surface area contributed by atoms with Gasteiger partial charge < -0.3 is 15.2 Å². The van der Waals surface area contributed by atoms with E-state index in [9.17, 15) is 19.1 Å². The van der Waals surface area contributed by atoms with E-state index in [2.05, 4.69) is 5.32 Å². The van der Waals surface area contributed by atoms with Crippen molar-refractivity contribution in [1.82, 2.24) is 15.1 Å². The SMILES string of the molecule is CC(=O)NCC1CN(c2ccc3c(c2)CCCc2c-3nn(CCO)c2-c2ccc(F)cc2)C(=O)O1. The van der Waals surface area contributed by atoms with Crippen LogP contribution in [0.3, 0.4) is 0 Å². The molecule has 0 bridgehead atoms. The highest BCUT2D eigenvalue weighted by atomic mass is 19.1. The molecule has 2 aromatic carbocycles. The summed E-state index contributed by atoms with van der Waals surface area (Å²) in [5, 5.41) is 17.2. The van der Waals surface area contributed by atoms with Crippen LogP contribution in [0.4, 0.5) is 14.9 Å². The quantitative estimate of drug-likeness (QED) is 0.567. The molecule has 1 atom stereocenters. The smallest absolute Gasteiger partial charge is 0.414 e. The molecule has 5 rings (SSSR count). The third kappa shape index (κ3) is 4.51. The zero-order valence-corrected chi connectivity index (χ0v) is 19.5. The molecule has 8 nitrogen and oxygen atoms in total. The molecule has 1 aliphatic carbocycles. The Kier molecular flexibility index (Phi) is 6.25. The number of carbonyl (C=O) groups is 2. The first-order valence-corrected chi connectivity index (χ1v) is 11.8. The molecule has 0 saturated carbocycles. The van der Waals surface area contributed by atoms with Gasteiger partial charge in [0.05, 0.1) is 37.6 Å². The van der Waals surface area contributed by atoms with Crippen LogP contribution in [0, 0.1) is 5.82 Å². The number of nitrogens with one attached hydrogen (secondary N) is 1. The lowest BCUT2D eigenvalue weighted by atomic mass is 9.99. The number of aliphatic hydroxyl groups is 1. The van der Waals surface area contributed by atoms with Crippen molar-refractivity contribution in [3.05, 3.63) is 59.4 Å². The zero-order chi connectivity index (χ0) is 24.5. The topological polar surface area (TPSA) is 96.7 Å². The first-order chi connectivity index (χ1) is 16.9. The molecule has 1 aliphatic heterocycles. The molecule has 1 aromatic heterocycles. The lowest BCUT2D eigenvalue weighted by Crippen LogP contribution is -2.33. The van der Waals surface area contributed by atoms with Gasteiger partial charge in [-0.05, 0) is 61.2 Å². The number of aromatic nitrogens is 2. The zero-order valence-electron chi connectivity index (χ0n) is 19.5. The van der Waals surface area contributed by atoms with Crippen molar-refractivity contribution in [3.63, 3.8) is 0 Å². The highest BCUT2D eigenvalue weighted by Crippen LogP contribution is 2.39. The highest BCUT2D eigenvalue weighted by Gasteiger charge is 2.33. The molecule has 0 radical (unpaired) electrons. The average Bonchev–Trinajstić information content (AvgIpc) is 3.33. The second-order valence-corrected chi connectivity index (χ2v) is 8.88. The van der Waals surface area contributed by atoms with Crippen molar-refractivity contribution < 1.29 is 23.8 Å². The number of halogens is 1.